The molecule has 1 aromatic heterocycles. The molecule has 0 fully saturated rings. The summed E-state index contributed by atoms with van der Waals surface area (Å²) < 4.78 is 5.66. The van der Waals surface area contributed by atoms with Crippen molar-refractivity contribution in [1.82, 2.24) is 4.98 Å². The highest BCUT2D eigenvalue weighted by Crippen LogP contribution is 2.16. The molecule has 0 aliphatic heterocycles. The largest absolute Gasteiger partial charge is 0.508 e. The molecule has 2 aromatic rings. The van der Waals surface area contributed by atoms with Crippen molar-refractivity contribution in [3.8, 4) is 11.5 Å². The second kappa shape index (κ2) is 7.98. The van der Waals surface area contributed by atoms with Gasteiger partial charge in [-0.1, -0.05) is 12.1 Å². The van der Waals surface area contributed by atoms with Gasteiger partial charge in [-0.3, -0.25) is 4.98 Å². The number of aromatic nitrogens is 1. The molecule has 0 radical (unpaired) electrons. The topological polar surface area (TPSA) is 66.2 Å². The van der Waals surface area contributed by atoms with Crippen LogP contribution in [0.3, 0.4) is 0 Å². The van der Waals surface area contributed by atoms with E-state index in [4.69, 9.17) is 10.1 Å². The number of hydrogen-bond acceptors (Lipinski definition) is 4. The van der Waals surface area contributed by atoms with Gasteiger partial charge in [-0.15, -0.1) is 0 Å². The molecule has 1 aromatic carbocycles. The van der Waals surface area contributed by atoms with E-state index in [-0.39, 0.29) is 0 Å². The van der Waals surface area contributed by atoms with Crippen LogP contribution in [0.2, 0.25) is 0 Å². The van der Waals surface area contributed by atoms with Gasteiger partial charge in [-0.2, -0.15) is 0 Å². The standard InChI is InChI=1S/C18H20N2O2/c1-14(9-10-19)18-8-7-17(13-20-18)22-11-3-5-15-4-2-6-16(21)12-15/h2,4,6-10,12-13,19,21H,3,5,11H2,1H3/b14-9+,19-10?. The summed E-state index contributed by atoms with van der Waals surface area (Å²) in [6, 6.07) is 11.1. The van der Waals surface area contributed by atoms with E-state index in [1.807, 2.05) is 31.2 Å². The number of benzene rings is 1. The molecule has 0 atom stereocenters. The summed E-state index contributed by atoms with van der Waals surface area (Å²) in [5.74, 6) is 1.04. The first-order valence-corrected chi connectivity index (χ1v) is 7.23. The summed E-state index contributed by atoms with van der Waals surface area (Å²) in [5, 5.41) is 16.5. The Morgan fingerprint density at radius 3 is 2.86 bits per heavy atom. The van der Waals surface area contributed by atoms with Gasteiger partial charge < -0.3 is 15.3 Å². The second-order valence-electron chi connectivity index (χ2n) is 5.02. The molecular weight excluding hydrogens is 276 g/mol. The molecule has 4 heteroatoms. The van der Waals surface area contributed by atoms with E-state index < -0.39 is 0 Å². The van der Waals surface area contributed by atoms with E-state index in [1.165, 1.54) is 6.21 Å². The lowest BCUT2D eigenvalue weighted by Crippen LogP contribution is -2.00. The van der Waals surface area contributed by atoms with Crippen LogP contribution in [0.15, 0.2) is 48.7 Å². The van der Waals surface area contributed by atoms with Crippen molar-refractivity contribution in [2.24, 2.45) is 0 Å². The van der Waals surface area contributed by atoms with Gasteiger partial charge in [-0.25, -0.2) is 0 Å². The zero-order chi connectivity index (χ0) is 15.8. The summed E-state index contributed by atoms with van der Waals surface area (Å²) >= 11 is 0. The van der Waals surface area contributed by atoms with Crippen LogP contribution < -0.4 is 4.74 Å². The minimum absolute atomic E-state index is 0.298. The fraction of sp³-hybridized carbons (Fsp3) is 0.222. The lowest BCUT2D eigenvalue weighted by atomic mass is 10.1. The highest BCUT2D eigenvalue weighted by atomic mass is 16.5. The molecule has 22 heavy (non-hydrogen) atoms. The number of nitrogens with one attached hydrogen (secondary N) is 1. The van der Waals surface area contributed by atoms with Gasteiger partial charge in [0.15, 0.2) is 0 Å². The Balaban J connectivity index is 1.80. The maximum atomic E-state index is 9.40. The lowest BCUT2D eigenvalue weighted by Gasteiger charge is -2.07. The number of nitrogens with zero attached hydrogens (tertiary/aromatic N) is 1. The van der Waals surface area contributed by atoms with Gasteiger partial charge in [-0.05, 0) is 61.2 Å². The third-order valence-electron chi connectivity index (χ3n) is 3.26. The van der Waals surface area contributed by atoms with Gasteiger partial charge in [0.05, 0.1) is 18.5 Å². The fourth-order valence-corrected chi connectivity index (χ4v) is 2.09. The Morgan fingerprint density at radius 2 is 2.18 bits per heavy atom. The smallest absolute Gasteiger partial charge is 0.137 e. The zero-order valence-corrected chi connectivity index (χ0v) is 12.6. The summed E-state index contributed by atoms with van der Waals surface area (Å²) in [6.45, 7) is 2.52. The molecule has 2 N–H and O–H groups in total. The molecular formula is C18H20N2O2. The van der Waals surface area contributed by atoms with E-state index in [2.05, 4.69) is 4.98 Å². The van der Waals surface area contributed by atoms with Crippen molar-refractivity contribution in [3.63, 3.8) is 0 Å². The van der Waals surface area contributed by atoms with Crippen LogP contribution in [0, 0.1) is 5.41 Å². The summed E-state index contributed by atoms with van der Waals surface area (Å²) in [7, 11) is 0. The van der Waals surface area contributed by atoms with Crippen molar-refractivity contribution in [2.75, 3.05) is 6.61 Å². The number of aryl methyl sites for hydroxylation is 1. The maximum Gasteiger partial charge on any atom is 0.137 e. The Labute approximate surface area is 130 Å². The third kappa shape index (κ3) is 4.74. The highest BCUT2D eigenvalue weighted by Gasteiger charge is 2.00. The van der Waals surface area contributed by atoms with Crippen LogP contribution in [0.25, 0.3) is 5.57 Å². The zero-order valence-electron chi connectivity index (χ0n) is 12.6. The highest BCUT2D eigenvalue weighted by molar-refractivity contribution is 5.81. The molecule has 0 saturated heterocycles. The van der Waals surface area contributed by atoms with Crippen molar-refractivity contribution in [3.05, 3.63) is 59.9 Å². The van der Waals surface area contributed by atoms with Gasteiger partial charge in [0.2, 0.25) is 0 Å². The first kappa shape index (κ1) is 15.8. The number of ether oxygens (including phenoxy) is 1. The van der Waals surface area contributed by atoms with E-state index in [9.17, 15) is 5.11 Å². The molecule has 0 spiro atoms. The summed E-state index contributed by atoms with van der Waals surface area (Å²) in [4.78, 5) is 4.32. The minimum Gasteiger partial charge on any atom is -0.508 e. The van der Waals surface area contributed by atoms with Crippen LogP contribution in [-0.2, 0) is 6.42 Å². The molecule has 0 unspecified atom stereocenters. The van der Waals surface area contributed by atoms with Gasteiger partial charge in [0.25, 0.3) is 0 Å². The van der Waals surface area contributed by atoms with Gasteiger partial charge >= 0.3 is 0 Å². The fourth-order valence-electron chi connectivity index (χ4n) is 2.09. The normalized spacial score (nSPS) is 11.2. The average Bonchev–Trinajstić information content (AvgIpc) is 2.52. The molecule has 2 rings (SSSR count). The van der Waals surface area contributed by atoms with Crippen molar-refractivity contribution in [1.29, 1.82) is 5.41 Å². The Morgan fingerprint density at radius 1 is 1.32 bits per heavy atom. The number of aromatic hydroxyl groups is 1. The van der Waals surface area contributed by atoms with E-state index in [0.29, 0.717) is 12.4 Å². The van der Waals surface area contributed by atoms with Crippen molar-refractivity contribution < 1.29 is 9.84 Å². The quantitative estimate of drug-likeness (QED) is 0.602. The first-order valence-electron chi connectivity index (χ1n) is 7.23. The van der Waals surface area contributed by atoms with Gasteiger partial charge in [0, 0.05) is 6.21 Å². The first-order chi connectivity index (χ1) is 10.7. The number of pyridine rings is 1. The predicted octanol–water partition coefficient (Wildman–Crippen LogP) is 3.85. The number of phenolic OH excluding ortho intramolecular Hbond substituents is 1. The van der Waals surface area contributed by atoms with Crippen LogP contribution >= 0.6 is 0 Å². The molecule has 0 saturated carbocycles. The van der Waals surface area contributed by atoms with Crippen molar-refractivity contribution >= 4 is 11.8 Å². The second-order valence-corrected chi connectivity index (χ2v) is 5.02. The minimum atomic E-state index is 0.298. The molecule has 1 heterocycles. The Hall–Kier alpha value is -2.62. The van der Waals surface area contributed by atoms with Crippen LogP contribution in [0.1, 0.15) is 24.6 Å². The van der Waals surface area contributed by atoms with E-state index in [1.54, 1.807) is 24.4 Å². The van der Waals surface area contributed by atoms with Crippen LogP contribution in [0.4, 0.5) is 0 Å². The van der Waals surface area contributed by atoms with E-state index in [0.717, 1.165) is 35.4 Å². The third-order valence-corrected chi connectivity index (χ3v) is 3.26. The monoisotopic (exact) mass is 296 g/mol. The average molecular weight is 296 g/mol. The summed E-state index contributed by atoms with van der Waals surface area (Å²) in [6.07, 6.45) is 6.39. The van der Waals surface area contributed by atoms with Crippen molar-refractivity contribution in [2.45, 2.75) is 19.8 Å². The number of hydrogen-bond donors (Lipinski definition) is 2. The van der Waals surface area contributed by atoms with Crippen LogP contribution in [0.5, 0.6) is 11.5 Å². The molecule has 114 valence electrons. The lowest BCUT2D eigenvalue weighted by molar-refractivity contribution is 0.309. The van der Waals surface area contributed by atoms with Crippen LogP contribution in [-0.4, -0.2) is 22.9 Å². The summed E-state index contributed by atoms with van der Waals surface area (Å²) in [5.41, 5.74) is 2.89. The number of allylic oxidation sites excluding steroid dienone is 2. The number of phenols is 1. The molecule has 4 nitrogen and oxygen atoms in total. The van der Waals surface area contributed by atoms with Gasteiger partial charge in [0.1, 0.15) is 11.5 Å². The SMILES string of the molecule is C/C(=C\C=N)c1ccc(OCCCc2cccc(O)c2)cn1. The van der Waals surface area contributed by atoms with E-state index >= 15 is 0 Å². The Bertz CT molecular complexity index is 648. The predicted molar refractivity (Wildman–Crippen MR) is 88.6 cm³/mol. The molecule has 0 aliphatic rings. The molecule has 0 aliphatic carbocycles. The molecule has 0 amide bonds. The number of rotatable bonds is 7. The maximum absolute atomic E-state index is 9.40. The Kier molecular flexibility index (Phi) is 5.72. The molecule has 0 bridgehead atoms.